The Labute approximate surface area is 164 Å². The molecule has 3 aromatic rings. The molecular formula is C20H16F2N4O3. The summed E-state index contributed by atoms with van der Waals surface area (Å²) >= 11 is 0. The molecule has 0 unspecified atom stereocenters. The summed E-state index contributed by atoms with van der Waals surface area (Å²) in [6, 6.07) is 11.0. The van der Waals surface area contributed by atoms with Crippen LogP contribution >= 0.6 is 0 Å². The number of nitrogens with one attached hydrogen (secondary N) is 2. The van der Waals surface area contributed by atoms with Crippen molar-refractivity contribution < 1.29 is 23.1 Å². The van der Waals surface area contributed by atoms with E-state index in [0.29, 0.717) is 0 Å². The summed E-state index contributed by atoms with van der Waals surface area (Å²) in [6.45, 7) is 1.88. The Balaban J connectivity index is 1.78. The van der Waals surface area contributed by atoms with Crippen LogP contribution in [0.1, 0.15) is 27.8 Å². The Morgan fingerprint density at radius 3 is 2.59 bits per heavy atom. The van der Waals surface area contributed by atoms with Crippen molar-refractivity contribution in [3.05, 3.63) is 77.8 Å². The quantitative estimate of drug-likeness (QED) is 0.611. The van der Waals surface area contributed by atoms with Gasteiger partial charge in [-0.1, -0.05) is 12.1 Å². The van der Waals surface area contributed by atoms with Crippen LogP contribution in [0.15, 0.2) is 54.9 Å². The van der Waals surface area contributed by atoms with Crippen LogP contribution in [0.4, 0.5) is 26.0 Å². The largest absolute Gasteiger partial charge is 0.462 e. The van der Waals surface area contributed by atoms with E-state index in [1.807, 2.05) is 0 Å². The minimum Gasteiger partial charge on any atom is -0.462 e. The van der Waals surface area contributed by atoms with Gasteiger partial charge < -0.3 is 15.4 Å². The minimum atomic E-state index is -1.02. The molecule has 0 saturated carbocycles. The highest BCUT2D eigenvalue weighted by atomic mass is 19.2. The molecule has 0 bridgehead atoms. The number of rotatable bonds is 6. The number of anilines is 3. The lowest BCUT2D eigenvalue weighted by Crippen LogP contribution is -2.17. The number of esters is 1. The number of hydrogen-bond donors (Lipinski definition) is 2. The molecule has 148 valence electrons. The molecule has 0 atom stereocenters. The molecular weight excluding hydrogens is 382 g/mol. The average Bonchev–Trinajstić information content (AvgIpc) is 2.71. The van der Waals surface area contributed by atoms with Crippen molar-refractivity contribution in [1.82, 2.24) is 9.97 Å². The molecule has 1 amide bonds. The van der Waals surface area contributed by atoms with Crippen LogP contribution in [0.25, 0.3) is 0 Å². The normalized spacial score (nSPS) is 10.3. The zero-order valence-corrected chi connectivity index (χ0v) is 15.3. The SMILES string of the molecule is CCOC(=O)c1ccccc1NC(=O)c1cc(Nc2ccc(F)c(F)c2)ncn1. The maximum absolute atomic E-state index is 13.3. The van der Waals surface area contributed by atoms with Gasteiger partial charge >= 0.3 is 5.97 Å². The minimum absolute atomic E-state index is 0.00347. The molecule has 0 aliphatic rings. The van der Waals surface area contributed by atoms with Crippen LogP contribution in [0.2, 0.25) is 0 Å². The highest BCUT2D eigenvalue weighted by Gasteiger charge is 2.16. The van der Waals surface area contributed by atoms with E-state index < -0.39 is 23.5 Å². The zero-order chi connectivity index (χ0) is 20.8. The molecule has 0 spiro atoms. The van der Waals surface area contributed by atoms with Gasteiger partial charge in [0, 0.05) is 17.8 Å². The molecule has 2 aromatic carbocycles. The van der Waals surface area contributed by atoms with Gasteiger partial charge in [-0.25, -0.2) is 23.5 Å². The second kappa shape index (κ2) is 8.87. The number of carbonyl (C=O) groups excluding carboxylic acids is 2. The molecule has 0 aliphatic carbocycles. The van der Waals surface area contributed by atoms with E-state index in [4.69, 9.17) is 4.74 Å². The summed E-state index contributed by atoms with van der Waals surface area (Å²) in [6.07, 6.45) is 1.15. The molecule has 2 N–H and O–H groups in total. The predicted octanol–water partition coefficient (Wildman–Crippen LogP) is 3.93. The molecule has 0 aliphatic heterocycles. The zero-order valence-electron chi connectivity index (χ0n) is 15.3. The highest BCUT2D eigenvalue weighted by molar-refractivity contribution is 6.07. The van der Waals surface area contributed by atoms with E-state index in [-0.39, 0.29) is 35.1 Å². The monoisotopic (exact) mass is 398 g/mol. The molecule has 0 saturated heterocycles. The Hall–Kier alpha value is -3.88. The van der Waals surface area contributed by atoms with Crippen LogP contribution in [-0.2, 0) is 4.74 Å². The second-order valence-corrected chi connectivity index (χ2v) is 5.76. The molecule has 3 rings (SSSR count). The summed E-state index contributed by atoms with van der Waals surface area (Å²) in [5, 5.41) is 5.37. The Kier molecular flexibility index (Phi) is 6.08. The van der Waals surface area contributed by atoms with Crippen LogP contribution in [0, 0.1) is 11.6 Å². The Morgan fingerprint density at radius 2 is 1.83 bits per heavy atom. The first kappa shape index (κ1) is 19.9. The summed E-state index contributed by atoms with van der Waals surface area (Å²) in [5.41, 5.74) is 0.729. The Morgan fingerprint density at radius 1 is 1.03 bits per heavy atom. The van der Waals surface area contributed by atoms with Gasteiger partial charge in [0.15, 0.2) is 11.6 Å². The molecule has 1 aromatic heterocycles. The van der Waals surface area contributed by atoms with Gasteiger partial charge in [-0.3, -0.25) is 4.79 Å². The number of halogens is 2. The fraction of sp³-hybridized carbons (Fsp3) is 0.100. The van der Waals surface area contributed by atoms with Crippen molar-refractivity contribution in [2.45, 2.75) is 6.92 Å². The number of carbonyl (C=O) groups is 2. The van der Waals surface area contributed by atoms with Crippen LogP contribution in [-0.4, -0.2) is 28.5 Å². The fourth-order valence-corrected chi connectivity index (χ4v) is 2.44. The number of nitrogens with zero attached hydrogens (tertiary/aromatic N) is 2. The van der Waals surface area contributed by atoms with Crippen molar-refractivity contribution in [3.8, 4) is 0 Å². The van der Waals surface area contributed by atoms with Gasteiger partial charge in [-0.15, -0.1) is 0 Å². The molecule has 1 heterocycles. The number of para-hydroxylation sites is 1. The van der Waals surface area contributed by atoms with Crippen molar-refractivity contribution in [1.29, 1.82) is 0 Å². The maximum Gasteiger partial charge on any atom is 0.340 e. The number of benzene rings is 2. The smallest absolute Gasteiger partial charge is 0.340 e. The van der Waals surface area contributed by atoms with Crippen molar-refractivity contribution in [2.75, 3.05) is 17.2 Å². The summed E-state index contributed by atoms with van der Waals surface area (Å²) in [7, 11) is 0. The van der Waals surface area contributed by atoms with E-state index >= 15 is 0 Å². The van der Waals surface area contributed by atoms with E-state index in [0.717, 1.165) is 18.5 Å². The third-order valence-electron chi connectivity index (χ3n) is 3.76. The predicted molar refractivity (Wildman–Crippen MR) is 102 cm³/mol. The molecule has 9 heteroatoms. The van der Waals surface area contributed by atoms with Crippen LogP contribution in [0.3, 0.4) is 0 Å². The molecule has 7 nitrogen and oxygen atoms in total. The third-order valence-corrected chi connectivity index (χ3v) is 3.76. The molecule has 0 fully saturated rings. The van der Waals surface area contributed by atoms with Crippen LogP contribution < -0.4 is 10.6 Å². The number of aromatic nitrogens is 2. The lowest BCUT2D eigenvalue weighted by Gasteiger charge is -2.11. The fourth-order valence-electron chi connectivity index (χ4n) is 2.44. The van der Waals surface area contributed by atoms with Crippen molar-refractivity contribution >= 4 is 29.1 Å². The third kappa shape index (κ3) is 4.89. The first-order valence-electron chi connectivity index (χ1n) is 8.59. The van der Waals surface area contributed by atoms with Crippen molar-refractivity contribution in [3.63, 3.8) is 0 Å². The van der Waals surface area contributed by atoms with Crippen LogP contribution in [0.5, 0.6) is 0 Å². The number of amides is 1. The maximum atomic E-state index is 13.3. The lowest BCUT2D eigenvalue weighted by atomic mass is 10.1. The summed E-state index contributed by atoms with van der Waals surface area (Å²) in [4.78, 5) is 32.4. The highest BCUT2D eigenvalue weighted by Crippen LogP contribution is 2.20. The summed E-state index contributed by atoms with van der Waals surface area (Å²) < 4.78 is 31.4. The van der Waals surface area contributed by atoms with Gasteiger partial charge in [0.2, 0.25) is 0 Å². The van der Waals surface area contributed by atoms with E-state index in [1.165, 1.54) is 18.2 Å². The molecule has 29 heavy (non-hydrogen) atoms. The van der Waals surface area contributed by atoms with Gasteiger partial charge in [-0.05, 0) is 31.2 Å². The molecule has 0 radical (unpaired) electrons. The van der Waals surface area contributed by atoms with Crippen molar-refractivity contribution in [2.24, 2.45) is 0 Å². The first-order chi connectivity index (χ1) is 14.0. The lowest BCUT2D eigenvalue weighted by molar-refractivity contribution is 0.0527. The van der Waals surface area contributed by atoms with E-state index in [1.54, 1.807) is 25.1 Å². The number of hydrogen-bond acceptors (Lipinski definition) is 6. The standard InChI is InChI=1S/C20H16F2N4O3/c1-2-29-20(28)13-5-3-4-6-16(13)26-19(27)17-10-18(24-11-23-17)25-12-7-8-14(21)15(22)9-12/h3-11H,2H2,1H3,(H,26,27)(H,23,24,25). The van der Waals surface area contributed by atoms with Gasteiger partial charge in [-0.2, -0.15) is 0 Å². The topological polar surface area (TPSA) is 93.2 Å². The second-order valence-electron chi connectivity index (χ2n) is 5.76. The average molecular weight is 398 g/mol. The van der Waals surface area contributed by atoms with E-state index in [2.05, 4.69) is 20.6 Å². The van der Waals surface area contributed by atoms with Gasteiger partial charge in [0.25, 0.3) is 5.91 Å². The van der Waals surface area contributed by atoms with Gasteiger partial charge in [0.05, 0.1) is 17.9 Å². The summed E-state index contributed by atoms with van der Waals surface area (Å²) in [5.74, 6) is -2.93. The number of ether oxygens (including phenoxy) is 1. The van der Waals surface area contributed by atoms with Gasteiger partial charge in [0.1, 0.15) is 17.8 Å². The van der Waals surface area contributed by atoms with E-state index in [9.17, 15) is 18.4 Å². The Bertz CT molecular complexity index is 1060. The first-order valence-corrected chi connectivity index (χ1v) is 8.59.